The number of aromatic nitrogens is 1. The lowest BCUT2D eigenvalue weighted by Gasteiger charge is -2.34. The Morgan fingerprint density at radius 1 is 1.12 bits per heavy atom. The summed E-state index contributed by atoms with van der Waals surface area (Å²) in [5.74, 6) is -0.861. The van der Waals surface area contributed by atoms with Crippen LogP contribution in [0.3, 0.4) is 0 Å². The van der Waals surface area contributed by atoms with E-state index in [1.165, 1.54) is 6.07 Å². The summed E-state index contributed by atoms with van der Waals surface area (Å²) in [4.78, 5) is 16.6. The van der Waals surface area contributed by atoms with E-state index in [4.69, 9.17) is 4.52 Å². The summed E-state index contributed by atoms with van der Waals surface area (Å²) in [5, 5.41) is 4.01. The predicted molar refractivity (Wildman–Crippen MR) is 90.7 cm³/mol. The van der Waals surface area contributed by atoms with E-state index in [1.807, 2.05) is 4.90 Å². The monoisotopic (exact) mass is 361 g/mol. The van der Waals surface area contributed by atoms with E-state index in [0.29, 0.717) is 44.0 Å². The lowest BCUT2D eigenvalue weighted by Crippen LogP contribution is -2.48. The zero-order valence-corrected chi connectivity index (χ0v) is 14.5. The molecule has 0 atom stereocenters. The summed E-state index contributed by atoms with van der Waals surface area (Å²) in [5.41, 5.74) is 1.75. The van der Waals surface area contributed by atoms with Gasteiger partial charge in [-0.2, -0.15) is 0 Å². The Morgan fingerprint density at radius 3 is 2.69 bits per heavy atom. The van der Waals surface area contributed by atoms with Crippen LogP contribution < -0.4 is 0 Å². The maximum Gasteiger partial charge on any atom is 0.276 e. The van der Waals surface area contributed by atoms with Crippen molar-refractivity contribution < 1.29 is 18.1 Å². The minimum Gasteiger partial charge on any atom is -0.360 e. The molecule has 0 radical (unpaired) electrons. The molecule has 1 amide bonds. The fraction of sp³-hybridized carbons (Fsp3) is 0.474. The van der Waals surface area contributed by atoms with Crippen molar-refractivity contribution in [2.45, 2.75) is 32.2 Å². The van der Waals surface area contributed by atoms with Gasteiger partial charge in [-0.1, -0.05) is 17.3 Å². The van der Waals surface area contributed by atoms with Crippen molar-refractivity contribution in [3.63, 3.8) is 0 Å². The largest absolute Gasteiger partial charge is 0.360 e. The second-order valence-corrected chi connectivity index (χ2v) is 6.92. The highest BCUT2D eigenvalue weighted by atomic mass is 19.2. The number of rotatable bonds is 3. The van der Waals surface area contributed by atoms with Gasteiger partial charge in [0.1, 0.15) is 5.76 Å². The average Bonchev–Trinajstić information content (AvgIpc) is 3.10. The first kappa shape index (κ1) is 17.1. The summed E-state index contributed by atoms with van der Waals surface area (Å²) in [6, 6.07) is 4.23. The third-order valence-electron chi connectivity index (χ3n) is 5.24. The molecule has 0 saturated carbocycles. The Kier molecular flexibility index (Phi) is 4.72. The second kappa shape index (κ2) is 7.15. The number of benzene rings is 1. The van der Waals surface area contributed by atoms with Gasteiger partial charge >= 0.3 is 0 Å². The zero-order chi connectivity index (χ0) is 18.1. The van der Waals surface area contributed by atoms with Crippen molar-refractivity contribution in [2.24, 2.45) is 0 Å². The Morgan fingerprint density at radius 2 is 1.88 bits per heavy atom. The van der Waals surface area contributed by atoms with Crippen LogP contribution in [0.4, 0.5) is 8.78 Å². The summed E-state index contributed by atoms with van der Waals surface area (Å²) in [7, 11) is 0. The van der Waals surface area contributed by atoms with Gasteiger partial charge in [-0.3, -0.25) is 9.69 Å². The van der Waals surface area contributed by atoms with Crippen molar-refractivity contribution in [3.8, 4) is 0 Å². The number of hydrogen-bond donors (Lipinski definition) is 0. The van der Waals surface area contributed by atoms with Crippen LogP contribution in [0.25, 0.3) is 0 Å². The molecule has 5 nitrogen and oxygen atoms in total. The maximum absolute atomic E-state index is 13.8. The van der Waals surface area contributed by atoms with E-state index >= 15 is 0 Å². The van der Waals surface area contributed by atoms with Gasteiger partial charge in [0.05, 0.1) is 0 Å². The van der Waals surface area contributed by atoms with Crippen LogP contribution in [0.15, 0.2) is 22.7 Å². The quantitative estimate of drug-likeness (QED) is 0.844. The van der Waals surface area contributed by atoms with Gasteiger partial charge in [0.25, 0.3) is 5.91 Å². The molecule has 2 aromatic rings. The standard InChI is InChI=1S/C19H21F2N3O2/c20-15-6-3-4-13(17(15)21)12-23-8-10-24(11-9-23)19(25)18-14-5-1-2-7-16(14)26-22-18/h3-4,6H,1-2,5,7-12H2. The normalized spacial score (nSPS) is 18.0. The number of amides is 1. The summed E-state index contributed by atoms with van der Waals surface area (Å²) in [6.07, 6.45) is 3.83. The van der Waals surface area contributed by atoms with Gasteiger partial charge in [0.15, 0.2) is 17.3 Å². The van der Waals surface area contributed by atoms with Crippen molar-refractivity contribution in [2.75, 3.05) is 26.2 Å². The van der Waals surface area contributed by atoms with Gasteiger partial charge in [-0.15, -0.1) is 0 Å². The highest BCUT2D eigenvalue weighted by Crippen LogP contribution is 2.25. The number of carbonyl (C=O) groups excluding carboxylic acids is 1. The average molecular weight is 361 g/mol. The molecule has 1 saturated heterocycles. The summed E-state index contributed by atoms with van der Waals surface area (Å²) >= 11 is 0. The Labute approximate surface area is 150 Å². The fourth-order valence-corrected chi connectivity index (χ4v) is 3.72. The topological polar surface area (TPSA) is 49.6 Å². The third-order valence-corrected chi connectivity index (χ3v) is 5.24. The lowest BCUT2D eigenvalue weighted by molar-refractivity contribution is 0.0616. The van der Waals surface area contributed by atoms with E-state index < -0.39 is 11.6 Å². The fourth-order valence-electron chi connectivity index (χ4n) is 3.72. The van der Waals surface area contributed by atoms with Crippen LogP contribution in [0, 0.1) is 11.6 Å². The zero-order valence-electron chi connectivity index (χ0n) is 14.5. The van der Waals surface area contributed by atoms with E-state index in [1.54, 1.807) is 11.0 Å². The number of nitrogens with zero attached hydrogens (tertiary/aromatic N) is 3. The molecule has 1 fully saturated rings. The van der Waals surface area contributed by atoms with Crippen molar-refractivity contribution in [1.29, 1.82) is 0 Å². The van der Waals surface area contributed by atoms with Crippen LogP contribution in [0.2, 0.25) is 0 Å². The number of hydrogen-bond acceptors (Lipinski definition) is 4. The molecule has 2 aliphatic rings. The summed E-state index contributed by atoms with van der Waals surface area (Å²) < 4.78 is 32.5. The number of aryl methyl sites for hydroxylation is 1. The van der Waals surface area contributed by atoms with Gasteiger partial charge in [0, 0.05) is 50.3 Å². The highest BCUT2D eigenvalue weighted by Gasteiger charge is 2.29. The van der Waals surface area contributed by atoms with Crippen LogP contribution in [-0.2, 0) is 19.4 Å². The van der Waals surface area contributed by atoms with Gasteiger partial charge in [0.2, 0.25) is 0 Å². The molecule has 1 aliphatic heterocycles. The van der Waals surface area contributed by atoms with Crippen LogP contribution in [-0.4, -0.2) is 47.0 Å². The van der Waals surface area contributed by atoms with Gasteiger partial charge < -0.3 is 9.42 Å². The molecule has 1 aromatic carbocycles. The molecule has 0 N–H and O–H groups in total. The molecule has 26 heavy (non-hydrogen) atoms. The molecular weight excluding hydrogens is 340 g/mol. The molecule has 0 unspecified atom stereocenters. The number of halogens is 2. The molecule has 1 aliphatic carbocycles. The molecule has 0 spiro atoms. The maximum atomic E-state index is 13.8. The first-order valence-corrected chi connectivity index (χ1v) is 9.05. The van der Waals surface area contributed by atoms with Gasteiger partial charge in [-0.05, 0) is 25.3 Å². The molecular formula is C19H21F2N3O2. The lowest BCUT2D eigenvalue weighted by atomic mass is 9.96. The number of piperazine rings is 1. The Hall–Kier alpha value is -2.28. The van der Waals surface area contributed by atoms with E-state index in [9.17, 15) is 13.6 Å². The van der Waals surface area contributed by atoms with Crippen molar-refractivity contribution in [1.82, 2.24) is 15.0 Å². The van der Waals surface area contributed by atoms with Crippen molar-refractivity contribution >= 4 is 5.91 Å². The summed E-state index contributed by atoms with van der Waals surface area (Å²) in [6.45, 7) is 2.64. The van der Waals surface area contributed by atoms with Crippen LogP contribution in [0.1, 0.15) is 40.2 Å². The molecule has 138 valence electrons. The van der Waals surface area contributed by atoms with Crippen LogP contribution >= 0.6 is 0 Å². The first-order valence-electron chi connectivity index (χ1n) is 9.05. The molecule has 7 heteroatoms. The van der Waals surface area contributed by atoms with Crippen LogP contribution in [0.5, 0.6) is 0 Å². The molecule has 4 rings (SSSR count). The molecule has 2 heterocycles. The van der Waals surface area contributed by atoms with Gasteiger partial charge in [-0.25, -0.2) is 8.78 Å². The number of carbonyl (C=O) groups is 1. The smallest absolute Gasteiger partial charge is 0.276 e. The second-order valence-electron chi connectivity index (χ2n) is 6.92. The number of fused-ring (bicyclic) bond motifs is 1. The Balaban J connectivity index is 1.38. The predicted octanol–water partition coefficient (Wildman–Crippen LogP) is 2.79. The minimum absolute atomic E-state index is 0.0894. The van der Waals surface area contributed by atoms with E-state index in [0.717, 1.165) is 43.1 Å². The Bertz CT molecular complexity index is 813. The highest BCUT2D eigenvalue weighted by molar-refractivity contribution is 5.94. The molecule has 0 bridgehead atoms. The van der Waals surface area contributed by atoms with E-state index in [-0.39, 0.29) is 5.91 Å². The molecule has 1 aromatic heterocycles. The minimum atomic E-state index is -0.827. The third kappa shape index (κ3) is 3.23. The van der Waals surface area contributed by atoms with E-state index in [2.05, 4.69) is 5.16 Å². The first-order chi connectivity index (χ1) is 12.6. The SMILES string of the molecule is O=C(c1noc2c1CCCC2)N1CCN(Cc2cccc(F)c2F)CC1. The van der Waals surface area contributed by atoms with Crippen molar-refractivity contribution in [3.05, 3.63) is 52.4 Å².